The molecule has 0 aromatic heterocycles. The van der Waals surface area contributed by atoms with E-state index in [1.807, 2.05) is 0 Å². The van der Waals surface area contributed by atoms with Crippen LogP contribution in [0.25, 0.3) is 0 Å². The molecule has 2 aliphatic rings. The van der Waals surface area contributed by atoms with Gasteiger partial charge in [-0.2, -0.15) is 0 Å². The van der Waals surface area contributed by atoms with Crippen molar-refractivity contribution in [2.75, 3.05) is 13.1 Å². The molecule has 1 aliphatic carbocycles. The number of benzene rings is 1. The third-order valence-electron chi connectivity index (χ3n) is 5.88. The summed E-state index contributed by atoms with van der Waals surface area (Å²) in [4.78, 5) is 0. The highest BCUT2D eigenvalue weighted by Gasteiger charge is 2.44. The first kappa shape index (κ1) is 15.1. The van der Waals surface area contributed by atoms with Crippen molar-refractivity contribution in [2.24, 2.45) is 17.3 Å². The van der Waals surface area contributed by atoms with Crippen molar-refractivity contribution in [3.05, 3.63) is 35.9 Å². The van der Waals surface area contributed by atoms with Gasteiger partial charge in [-0.25, -0.2) is 0 Å². The zero-order valence-electron chi connectivity index (χ0n) is 13.8. The Labute approximate surface area is 130 Å². The van der Waals surface area contributed by atoms with Gasteiger partial charge in [-0.15, -0.1) is 0 Å². The standard InChI is InChI=1S/C20H31N/c1-16(2)13-17-7-6-10-20(14-17)11-12-21-15-19(20)18-8-4-3-5-9-18/h3-5,8-9,16-17,19,21H,6-7,10-15H2,1-2H3. The van der Waals surface area contributed by atoms with Gasteiger partial charge in [0.2, 0.25) is 0 Å². The minimum atomic E-state index is 0.574. The molecular weight excluding hydrogens is 254 g/mol. The largest absolute Gasteiger partial charge is 0.316 e. The van der Waals surface area contributed by atoms with Gasteiger partial charge in [-0.3, -0.25) is 0 Å². The van der Waals surface area contributed by atoms with Crippen molar-refractivity contribution in [1.29, 1.82) is 0 Å². The second-order valence-electron chi connectivity index (χ2n) is 7.87. The maximum atomic E-state index is 3.66. The number of hydrogen-bond donors (Lipinski definition) is 1. The zero-order valence-corrected chi connectivity index (χ0v) is 13.8. The highest BCUT2D eigenvalue weighted by molar-refractivity contribution is 5.24. The minimum Gasteiger partial charge on any atom is -0.316 e. The molecule has 0 bridgehead atoms. The van der Waals surface area contributed by atoms with E-state index in [4.69, 9.17) is 0 Å². The lowest BCUT2D eigenvalue weighted by atomic mass is 9.57. The third kappa shape index (κ3) is 3.34. The molecule has 1 aliphatic heterocycles. The molecular formula is C20H31N. The van der Waals surface area contributed by atoms with Gasteiger partial charge < -0.3 is 5.32 Å². The summed E-state index contributed by atoms with van der Waals surface area (Å²) >= 11 is 0. The molecule has 1 nitrogen and oxygen atoms in total. The van der Waals surface area contributed by atoms with Crippen molar-refractivity contribution >= 4 is 0 Å². The normalized spacial score (nSPS) is 33.5. The molecule has 1 heterocycles. The molecule has 1 aromatic carbocycles. The second kappa shape index (κ2) is 6.52. The van der Waals surface area contributed by atoms with E-state index in [-0.39, 0.29) is 0 Å². The molecule has 116 valence electrons. The van der Waals surface area contributed by atoms with Crippen molar-refractivity contribution in [3.8, 4) is 0 Å². The Morgan fingerprint density at radius 3 is 2.76 bits per heavy atom. The topological polar surface area (TPSA) is 12.0 Å². The lowest BCUT2D eigenvalue weighted by Crippen LogP contribution is -2.46. The molecule has 3 rings (SSSR count). The second-order valence-corrected chi connectivity index (χ2v) is 7.87. The summed E-state index contributed by atoms with van der Waals surface area (Å²) in [7, 11) is 0. The van der Waals surface area contributed by atoms with E-state index in [1.165, 1.54) is 51.6 Å². The fourth-order valence-electron chi connectivity index (χ4n) is 5.06. The number of hydrogen-bond acceptors (Lipinski definition) is 1. The quantitative estimate of drug-likeness (QED) is 0.825. The first-order valence-electron chi connectivity index (χ1n) is 8.95. The van der Waals surface area contributed by atoms with E-state index < -0.39 is 0 Å². The van der Waals surface area contributed by atoms with Crippen LogP contribution >= 0.6 is 0 Å². The Hall–Kier alpha value is -0.820. The maximum absolute atomic E-state index is 3.66. The Balaban J connectivity index is 1.82. The van der Waals surface area contributed by atoms with E-state index >= 15 is 0 Å². The van der Waals surface area contributed by atoms with Gasteiger partial charge in [0.05, 0.1) is 0 Å². The highest BCUT2D eigenvalue weighted by Crippen LogP contribution is 2.53. The molecule has 0 radical (unpaired) electrons. The fraction of sp³-hybridized carbons (Fsp3) is 0.700. The van der Waals surface area contributed by atoms with Gasteiger partial charge in [0.1, 0.15) is 0 Å². The van der Waals surface area contributed by atoms with Crippen LogP contribution in [0.15, 0.2) is 30.3 Å². The molecule has 2 fully saturated rings. The molecule has 1 heteroatoms. The zero-order chi connectivity index (χ0) is 14.7. The molecule has 1 N–H and O–H groups in total. The lowest BCUT2D eigenvalue weighted by molar-refractivity contribution is 0.0631. The summed E-state index contributed by atoms with van der Waals surface area (Å²) in [6.45, 7) is 7.17. The summed E-state index contributed by atoms with van der Waals surface area (Å²) in [5.74, 6) is 2.53. The first-order valence-corrected chi connectivity index (χ1v) is 8.95. The van der Waals surface area contributed by atoms with Gasteiger partial charge in [0, 0.05) is 12.5 Å². The molecule has 1 saturated heterocycles. The summed E-state index contributed by atoms with van der Waals surface area (Å²) in [5.41, 5.74) is 2.14. The predicted molar refractivity (Wildman–Crippen MR) is 90.5 cm³/mol. The summed E-state index contributed by atoms with van der Waals surface area (Å²) in [6.07, 6.45) is 8.63. The monoisotopic (exact) mass is 285 g/mol. The van der Waals surface area contributed by atoms with E-state index in [0.717, 1.165) is 17.8 Å². The van der Waals surface area contributed by atoms with E-state index in [9.17, 15) is 0 Å². The van der Waals surface area contributed by atoms with Crippen molar-refractivity contribution in [1.82, 2.24) is 5.32 Å². The molecule has 1 saturated carbocycles. The Morgan fingerprint density at radius 2 is 2.00 bits per heavy atom. The van der Waals surface area contributed by atoms with Crippen molar-refractivity contribution in [3.63, 3.8) is 0 Å². The number of nitrogens with one attached hydrogen (secondary N) is 1. The van der Waals surface area contributed by atoms with Crippen LogP contribution in [-0.4, -0.2) is 13.1 Å². The molecule has 3 atom stereocenters. The molecule has 1 spiro atoms. The lowest BCUT2D eigenvalue weighted by Gasteiger charge is -2.50. The highest BCUT2D eigenvalue weighted by atomic mass is 14.9. The van der Waals surface area contributed by atoms with E-state index in [2.05, 4.69) is 49.5 Å². The maximum Gasteiger partial charge on any atom is 0.00255 e. The van der Waals surface area contributed by atoms with Gasteiger partial charge in [0.15, 0.2) is 0 Å². The first-order chi connectivity index (χ1) is 10.2. The van der Waals surface area contributed by atoms with Crippen LogP contribution in [0.2, 0.25) is 0 Å². The van der Waals surface area contributed by atoms with Gasteiger partial charge in [0.25, 0.3) is 0 Å². The van der Waals surface area contributed by atoms with Crippen LogP contribution in [0.5, 0.6) is 0 Å². The Kier molecular flexibility index (Phi) is 4.69. The summed E-state index contributed by atoms with van der Waals surface area (Å²) < 4.78 is 0. The van der Waals surface area contributed by atoms with Crippen molar-refractivity contribution in [2.45, 2.75) is 58.3 Å². The van der Waals surface area contributed by atoms with Crippen LogP contribution in [0.4, 0.5) is 0 Å². The summed E-state index contributed by atoms with van der Waals surface area (Å²) in [6, 6.07) is 11.3. The van der Waals surface area contributed by atoms with Crippen LogP contribution in [-0.2, 0) is 0 Å². The van der Waals surface area contributed by atoms with E-state index in [1.54, 1.807) is 5.56 Å². The van der Waals surface area contributed by atoms with Crippen LogP contribution in [0.1, 0.15) is 63.9 Å². The van der Waals surface area contributed by atoms with Crippen LogP contribution in [0, 0.1) is 17.3 Å². The molecule has 0 amide bonds. The van der Waals surface area contributed by atoms with E-state index in [0.29, 0.717) is 5.41 Å². The van der Waals surface area contributed by atoms with Gasteiger partial charge in [-0.1, -0.05) is 57.0 Å². The average molecular weight is 285 g/mol. The van der Waals surface area contributed by atoms with Crippen LogP contribution in [0.3, 0.4) is 0 Å². The summed E-state index contributed by atoms with van der Waals surface area (Å²) in [5, 5.41) is 3.66. The fourth-order valence-corrected chi connectivity index (χ4v) is 5.06. The Bertz CT molecular complexity index is 434. The van der Waals surface area contributed by atoms with Gasteiger partial charge in [-0.05, 0) is 55.0 Å². The molecule has 1 aromatic rings. The van der Waals surface area contributed by atoms with Crippen molar-refractivity contribution < 1.29 is 0 Å². The molecule has 21 heavy (non-hydrogen) atoms. The number of rotatable bonds is 3. The Morgan fingerprint density at radius 1 is 1.19 bits per heavy atom. The SMILES string of the molecule is CC(C)CC1CCCC2(CCNCC2c2ccccc2)C1. The van der Waals surface area contributed by atoms with Crippen LogP contribution < -0.4 is 5.32 Å². The average Bonchev–Trinajstić information content (AvgIpc) is 2.48. The smallest absolute Gasteiger partial charge is 0.00255 e. The van der Waals surface area contributed by atoms with Gasteiger partial charge >= 0.3 is 0 Å². The third-order valence-corrected chi connectivity index (χ3v) is 5.88. The minimum absolute atomic E-state index is 0.574. The number of piperidine rings is 1. The predicted octanol–water partition coefficient (Wildman–Crippen LogP) is 4.99. The molecule has 3 unspecified atom stereocenters.